The van der Waals surface area contributed by atoms with E-state index in [4.69, 9.17) is 5.11 Å². The Morgan fingerprint density at radius 2 is 2.19 bits per heavy atom. The fraction of sp³-hybridized carbons (Fsp3) is 0.455. The molecular formula is C11H16N2O3. The first-order chi connectivity index (χ1) is 7.47. The standard InChI is InChI=1S/C11H16N2O3/c1-7-4-5-9(10(15)12-7)11(16)13(3)8(2)6-14/h4-5,8,14H,6H2,1-3H3,(H,12,15). The molecule has 5 nitrogen and oxygen atoms in total. The number of aliphatic hydroxyl groups is 1. The largest absolute Gasteiger partial charge is 0.394 e. The van der Waals surface area contributed by atoms with Crippen LogP contribution in [-0.4, -0.2) is 40.6 Å². The van der Waals surface area contributed by atoms with Gasteiger partial charge >= 0.3 is 0 Å². The van der Waals surface area contributed by atoms with E-state index < -0.39 is 5.56 Å². The Labute approximate surface area is 93.7 Å². The maximum atomic E-state index is 11.9. The summed E-state index contributed by atoms with van der Waals surface area (Å²) in [5, 5.41) is 8.93. The van der Waals surface area contributed by atoms with Crippen LogP contribution in [0.25, 0.3) is 0 Å². The van der Waals surface area contributed by atoms with Crippen molar-refractivity contribution in [3.05, 3.63) is 33.7 Å². The van der Waals surface area contributed by atoms with Gasteiger partial charge in [0.15, 0.2) is 0 Å². The second kappa shape index (κ2) is 4.94. The lowest BCUT2D eigenvalue weighted by atomic mass is 10.2. The average molecular weight is 224 g/mol. The normalized spacial score (nSPS) is 12.2. The summed E-state index contributed by atoms with van der Waals surface area (Å²) >= 11 is 0. The van der Waals surface area contributed by atoms with Crippen LogP contribution in [0.5, 0.6) is 0 Å². The number of nitrogens with zero attached hydrogens (tertiary/aromatic N) is 1. The molecule has 88 valence electrons. The lowest BCUT2D eigenvalue weighted by Gasteiger charge is -2.22. The van der Waals surface area contributed by atoms with Crippen LogP contribution in [0, 0.1) is 6.92 Å². The van der Waals surface area contributed by atoms with Gasteiger partial charge in [0.1, 0.15) is 5.56 Å². The summed E-state index contributed by atoms with van der Waals surface area (Å²) in [5.41, 5.74) is 0.398. The third kappa shape index (κ3) is 2.49. The van der Waals surface area contributed by atoms with E-state index in [9.17, 15) is 9.59 Å². The van der Waals surface area contributed by atoms with Gasteiger partial charge < -0.3 is 15.0 Å². The fourth-order valence-electron chi connectivity index (χ4n) is 1.25. The van der Waals surface area contributed by atoms with Gasteiger partial charge in [-0.15, -0.1) is 0 Å². The highest BCUT2D eigenvalue weighted by Gasteiger charge is 2.19. The van der Waals surface area contributed by atoms with Gasteiger partial charge in [-0.3, -0.25) is 9.59 Å². The molecule has 0 aromatic carbocycles. The fourth-order valence-corrected chi connectivity index (χ4v) is 1.25. The van der Waals surface area contributed by atoms with E-state index >= 15 is 0 Å². The number of H-pyrrole nitrogens is 1. The van der Waals surface area contributed by atoms with E-state index in [1.54, 1.807) is 27.0 Å². The van der Waals surface area contributed by atoms with Crippen LogP contribution in [0.4, 0.5) is 0 Å². The van der Waals surface area contributed by atoms with Crippen LogP contribution in [0.1, 0.15) is 23.0 Å². The summed E-state index contributed by atoms with van der Waals surface area (Å²) in [6.07, 6.45) is 0. The number of likely N-dealkylation sites (N-methyl/N-ethyl adjacent to an activating group) is 1. The van der Waals surface area contributed by atoms with Gasteiger partial charge in [-0.2, -0.15) is 0 Å². The first-order valence-electron chi connectivity index (χ1n) is 5.05. The smallest absolute Gasteiger partial charge is 0.260 e. The minimum Gasteiger partial charge on any atom is -0.394 e. The van der Waals surface area contributed by atoms with Gasteiger partial charge in [-0.1, -0.05) is 0 Å². The third-order valence-electron chi connectivity index (χ3n) is 2.53. The van der Waals surface area contributed by atoms with Crippen LogP contribution < -0.4 is 5.56 Å². The molecule has 0 aliphatic carbocycles. The molecule has 0 bridgehead atoms. The molecule has 16 heavy (non-hydrogen) atoms. The molecule has 1 unspecified atom stereocenters. The number of aromatic amines is 1. The SMILES string of the molecule is Cc1ccc(C(=O)N(C)C(C)CO)c(=O)[nH]1. The number of nitrogens with one attached hydrogen (secondary N) is 1. The number of hydrogen-bond acceptors (Lipinski definition) is 3. The summed E-state index contributed by atoms with van der Waals surface area (Å²) in [6, 6.07) is 2.86. The predicted molar refractivity (Wildman–Crippen MR) is 60.4 cm³/mol. The number of amides is 1. The van der Waals surface area contributed by atoms with E-state index in [0.29, 0.717) is 5.69 Å². The lowest BCUT2D eigenvalue weighted by Crippen LogP contribution is -2.39. The molecular weight excluding hydrogens is 208 g/mol. The molecule has 1 amide bonds. The van der Waals surface area contributed by atoms with Gasteiger partial charge in [-0.25, -0.2) is 0 Å². The molecule has 0 radical (unpaired) electrons. The van der Waals surface area contributed by atoms with Crippen molar-refractivity contribution >= 4 is 5.91 Å². The Hall–Kier alpha value is -1.62. The topological polar surface area (TPSA) is 73.4 Å². The van der Waals surface area contributed by atoms with Crippen LogP contribution >= 0.6 is 0 Å². The zero-order chi connectivity index (χ0) is 12.3. The Balaban J connectivity index is 3.01. The summed E-state index contributed by atoms with van der Waals surface area (Å²) < 4.78 is 0. The van der Waals surface area contributed by atoms with E-state index in [1.165, 1.54) is 11.0 Å². The first-order valence-corrected chi connectivity index (χ1v) is 5.05. The molecule has 0 fully saturated rings. The molecule has 5 heteroatoms. The van der Waals surface area contributed by atoms with Gasteiger partial charge in [-0.05, 0) is 26.0 Å². The highest BCUT2D eigenvalue weighted by molar-refractivity contribution is 5.93. The number of pyridine rings is 1. The molecule has 1 aromatic heterocycles. The van der Waals surface area contributed by atoms with Crippen molar-refractivity contribution in [2.24, 2.45) is 0 Å². The molecule has 1 heterocycles. The minimum absolute atomic E-state index is 0.0911. The van der Waals surface area contributed by atoms with Crippen LogP contribution in [0.2, 0.25) is 0 Å². The number of hydrogen-bond donors (Lipinski definition) is 2. The summed E-state index contributed by atoms with van der Waals surface area (Å²) in [4.78, 5) is 27.3. The highest BCUT2D eigenvalue weighted by Crippen LogP contribution is 2.02. The number of carbonyl (C=O) groups is 1. The van der Waals surface area contributed by atoms with Gasteiger partial charge in [0.2, 0.25) is 0 Å². The summed E-state index contributed by atoms with van der Waals surface area (Å²) in [7, 11) is 1.56. The van der Waals surface area contributed by atoms with Crippen LogP contribution in [-0.2, 0) is 0 Å². The number of aromatic nitrogens is 1. The molecule has 1 aromatic rings. The zero-order valence-electron chi connectivity index (χ0n) is 9.65. The molecule has 0 aliphatic rings. The maximum Gasteiger partial charge on any atom is 0.260 e. The number of aliphatic hydroxyl groups excluding tert-OH is 1. The van der Waals surface area contributed by atoms with Gasteiger partial charge in [0, 0.05) is 12.7 Å². The lowest BCUT2D eigenvalue weighted by molar-refractivity contribution is 0.0680. The van der Waals surface area contributed by atoms with Crippen molar-refractivity contribution in [1.29, 1.82) is 0 Å². The van der Waals surface area contributed by atoms with E-state index in [1.807, 2.05) is 0 Å². The minimum atomic E-state index is -0.401. The van der Waals surface area contributed by atoms with Crippen molar-refractivity contribution in [3.63, 3.8) is 0 Å². The van der Waals surface area contributed by atoms with Gasteiger partial charge in [0.05, 0.1) is 12.6 Å². The monoisotopic (exact) mass is 224 g/mol. The van der Waals surface area contributed by atoms with Crippen molar-refractivity contribution in [3.8, 4) is 0 Å². The van der Waals surface area contributed by atoms with Gasteiger partial charge in [0.25, 0.3) is 11.5 Å². The zero-order valence-corrected chi connectivity index (χ0v) is 9.65. The van der Waals surface area contributed by atoms with Crippen molar-refractivity contribution in [1.82, 2.24) is 9.88 Å². The Bertz CT molecular complexity index is 439. The van der Waals surface area contributed by atoms with Crippen molar-refractivity contribution in [2.45, 2.75) is 19.9 Å². The van der Waals surface area contributed by atoms with E-state index in [0.717, 1.165) is 0 Å². The second-order valence-corrected chi connectivity index (χ2v) is 3.83. The van der Waals surface area contributed by atoms with E-state index in [2.05, 4.69) is 4.98 Å². The first kappa shape index (κ1) is 12.4. The number of aryl methyl sites for hydroxylation is 1. The van der Waals surface area contributed by atoms with Crippen LogP contribution in [0.3, 0.4) is 0 Å². The van der Waals surface area contributed by atoms with E-state index in [-0.39, 0.29) is 24.1 Å². The van der Waals surface area contributed by atoms with Crippen molar-refractivity contribution in [2.75, 3.05) is 13.7 Å². The predicted octanol–water partition coefficient (Wildman–Crippen LogP) is 0.136. The summed E-state index contributed by atoms with van der Waals surface area (Å²) in [6.45, 7) is 3.32. The summed E-state index contributed by atoms with van der Waals surface area (Å²) in [5.74, 6) is -0.386. The molecule has 0 spiro atoms. The Morgan fingerprint density at radius 1 is 1.56 bits per heavy atom. The van der Waals surface area contributed by atoms with Crippen LogP contribution in [0.15, 0.2) is 16.9 Å². The molecule has 0 saturated carbocycles. The molecule has 1 rings (SSSR count). The quantitative estimate of drug-likeness (QED) is 0.766. The van der Waals surface area contributed by atoms with Crippen molar-refractivity contribution < 1.29 is 9.90 Å². The highest BCUT2D eigenvalue weighted by atomic mass is 16.3. The number of carbonyl (C=O) groups excluding carboxylic acids is 1. The molecule has 2 N–H and O–H groups in total. The molecule has 1 atom stereocenters. The molecule has 0 aliphatic heterocycles. The Kier molecular flexibility index (Phi) is 3.84. The third-order valence-corrected chi connectivity index (χ3v) is 2.53. The maximum absolute atomic E-state index is 11.9. The second-order valence-electron chi connectivity index (χ2n) is 3.83. The number of rotatable bonds is 3. The Morgan fingerprint density at radius 3 is 2.69 bits per heavy atom. The average Bonchev–Trinajstić information content (AvgIpc) is 2.26. The molecule has 0 saturated heterocycles.